The summed E-state index contributed by atoms with van der Waals surface area (Å²) < 4.78 is 0. The number of rotatable bonds is 4. The molecule has 1 saturated heterocycles. The molecule has 0 saturated carbocycles. The van der Waals surface area contributed by atoms with Gasteiger partial charge < -0.3 is 5.11 Å². The number of para-hydroxylation sites is 2. The number of nitrogens with zero attached hydrogens (tertiary/aromatic N) is 4. The van der Waals surface area contributed by atoms with Gasteiger partial charge in [-0.3, -0.25) is 34.0 Å². The van der Waals surface area contributed by atoms with E-state index in [0.29, 0.717) is 22.5 Å². The lowest BCUT2D eigenvalue weighted by Gasteiger charge is -2.44. The molecule has 42 heavy (non-hydrogen) atoms. The summed E-state index contributed by atoms with van der Waals surface area (Å²) in [5, 5.41) is 11.3. The molecule has 1 fully saturated rings. The summed E-state index contributed by atoms with van der Waals surface area (Å²) in [5.74, 6) is -2.26. The van der Waals surface area contributed by atoms with E-state index in [4.69, 9.17) is 0 Å². The molecule has 0 radical (unpaired) electrons. The van der Waals surface area contributed by atoms with Crippen LogP contribution in [0.2, 0.25) is 0 Å². The van der Waals surface area contributed by atoms with E-state index in [0.717, 1.165) is 0 Å². The van der Waals surface area contributed by atoms with Crippen molar-refractivity contribution < 1.29 is 19.5 Å². The number of carbonyl (C=O) groups is 3. The molecule has 0 aromatic heterocycles. The zero-order valence-corrected chi connectivity index (χ0v) is 22.4. The highest BCUT2D eigenvalue weighted by molar-refractivity contribution is 6.28. The van der Waals surface area contributed by atoms with E-state index in [1.807, 2.05) is 85.0 Å². The van der Waals surface area contributed by atoms with Gasteiger partial charge in [0.15, 0.2) is 0 Å². The minimum Gasteiger partial charge on any atom is -0.494 e. The number of benzene rings is 3. The van der Waals surface area contributed by atoms with Gasteiger partial charge in [0.2, 0.25) is 17.7 Å². The number of fused-ring (bicyclic) bond motifs is 2. The Labute approximate surface area is 242 Å². The molecule has 0 spiro atoms. The molecule has 8 heteroatoms. The molecule has 4 aliphatic rings. The van der Waals surface area contributed by atoms with Crippen LogP contribution in [0.5, 0.6) is 0 Å². The second kappa shape index (κ2) is 10.1. The van der Waals surface area contributed by atoms with Gasteiger partial charge in [-0.25, -0.2) is 0 Å². The average molecular weight is 555 g/mol. The van der Waals surface area contributed by atoms with Crippen molar-refractivity contribution in [1.82, 2.24) is 9.80 Å². The highest BCUT2D eigenvalue weighted by atomic mass is 16.3. The molecular weight excluding hydrogens is 528 g/mol. The lowest BCUT2D eigenvalue weighted by Crippen LogP contribution is -2.60. The van der Waals surface area contributed by atoms with Crippen molar-refractivity contribution in [2.75, 3.05) is 9.80 Å². The fourth-order valence-corrected chi connectivity index (χ4v) is 5.89. The third kappa shape index (κ3) is 3.96. The Bertz CT molecular complexity index is 1720. The van der Waals surface area contributed by atoms with Gasteiger partial charge in [-0.05, 0) is 59.7 Å². The lowest BCUT2D eigenvalue weighted by molar-refractivity contribution is -0.141. The molecule has 1 N–H and O–H groups in total. The molecule has 206 valence electrons. The molecule has 7 rings (SSSR count). The summed E-state index contributed by atoms with van der Waals surface area (Å²) in [4.78, 5) is 48.0. The first-order chi connectivity index (χ1) is 20.5. The van der Waals surface area contributed by atoms with Crippen LogP contribution in [0.3, 0.4) is 0 Å². The van der Waals surface area contributed by atoms with Crippen LogP contribution in [0.25, 0.3) is 5.57 Å². The van der Waals surface area contributed by atoms with Gasteiger partial charge in [-0.1, -0.05) is 72.8 Å². The maximum absolute atomic E-state index is 13.9. The SMILES string of the molecule is O=C1C(c2ccc(C3=C(O)N4C=CC=CC4N(c4ccccc4)C3=O)cc2)C(=O)N(c2ccccc2)C2C=CC=CN12. The summed E-state index contributed by atoms with van der Waals surface area (Å²) in [6.07, 6.45) is 13.2. The maximum Gasteiger partial charge on any atom is 0.266 e. The Morgan fingerprint density at radius 2 is 1.12 bits per heavy atom. The van der Waals surface area contributed by atoms with Gasteiger partial charge in [-0.15, -0.1) is 0 Å². The summed E-state index contributed by atoms with van der Waals surface area (Å²) in [5.41, 5.74) is 2.47. The van der Waals surface area contributed by atoms with Crippen LogP contribution in [0.4, 0.5) is 11.4 Å². The monoisotopic (exact) mass is 554 g/mol. The van der Waals surface area contributed by atoms with Gasteiger partial charge in [0.25, 0.3) is 5.91 Å². The van der Waals surface area contributed by atoms with Crippen molar-refractivity contribution in [3.05, 3.63) is 151 Å². The van der Waals surface area contributed by atoms with Crippen LogP contribution in [0.1, 0.15) is 17.0 Å². The molecular formula is C34H26N4O4. The van der Waals surface area contributed by atoms with Gasteiger partial charge in [0.05, 0.1) is 0 Å². The van der Waals surface area contributed by atoms with E-state index in [1.54, 1.807) is 68.4 Å². The van der Waals surface area contributed by atoms with Gasteiger partial charge in [0.1, 0.15) is 23.8 Å². The third-order valence-electron chi connectivity index (χ3n) is 7.87. The number of amides is 3. The number of anilines is 2. The Morgan fingerprint density at radius 1 is 0.571 bits per heavy atom. The average Bonchev–Trinajstić information content (AvgIpc) is 3.03. The minimum absolute atomic E-state index is 0.123. The molecule has 4 aliphatic heterocycles. The van der Waals surface area contributed by atoms with Crippen LogP contribution in [-0.2, 0) is 14.4 Å². The second-order valence-corrected chi connectivity index (χ2v) is 10.2. The Kier molecular flexibility index (Phi) is 6.09. The van der Waals surface area contributed by atoms with Crippen LogP contribution in [0, 0.1) is 0 Å². The summed E-state index contributed by atoms with van der Waals surface area (Å²) in [6.45, 7) is 0. The normalized spacial score (nSPS) is 23.0. The smallest absolute Gasteiger partial charge is 0.266 e. The molecule has 3 atom stereocenters. The first-order valence-electron chi connectivity index (χ1n) is 13.7. The number of hydrogen-bond acceptors (Lipinski definition) is 5. The molecule has 8 nitrogen and oxygen atoms in total. The third-order valence-corrected chi connectivity index (χ3v) is 7.87. The van der Waals surface area contributed by atoms with Crippen LogP contribution in [-0.4, -0.2) is 45.0 Å². The first kappa shape index (κ1) is 25.3. The molecule has 3 aromatic rings. The van der Waals surface area contributed by atoms with Gasteiger partial charge in [0, 0.05) is 23.8 Å². The van der Waals surface area contributed by atoms with Gasteiger partial charge >= 0.3 is 0 Å². The standard InChI is InChI=1S/C34H26N4O4/c39-31-29(33(41)37(25-11-3-1-4-12-25)27-15-7-9-21-35(27)31)23-17-19-24(20-18-23)30-32(40)36-22-10-8-16-28(36)38(34(30)42)26-13-5-2-6-14-26/h1-22,27-29,40H. The Morgan fingerprint density at radius 3 is 1.74 bits per heavy atom. The maximum atomic E-state index is 13.9. The fraction of sp³-hybridized carbons (Fsp3) is 0.0882. The summed E-state index contributed by atoms with van der Waals surface area (Å²) >= 11 is 0. The quantitative estimate of drug-likeness (QED) is 0.457. The van der Waals surface area contributed by atoms with Crippen molar-refractivity contribution >= 4 is 34.7 Å². The molecule has 3 aromatic carbocycles. The highest BCUT2D eigenvalue weighted by Gasteiger charge is 2.46. The lowest BCUT2D eigenvalue weighted by atomic mass is 9.90. The Balaban J connectivity index is 1.26. The predicted octanol–water partition coefficient (Wildman–Crippen LogP) is 5.04. The van der Waals surface area contributed by atoms with Crippen molar-refractivity contribution in [2.24, 2.45) is 0 Å². The van der Waals surface area contributed by atoms with E-state index < -0.39 is 18.2 Å². The summed E-state index contributed by atoms with van der Waals surface area (Å²) in [6, 6.07) is 25.3. The number of hydrogen-bond donors (Lipinski definition) is 1. The van der Waals surface area contributed by atoms with Crippen molar-refractivity contribution in [3.8, 4) is 0 Å². The first-order valence-corrected chi connectivity index (χ1v) is 13.7. The van der Waals surface area contributed by atoms with Crippen molar-refractivity contribution in [3.63, 3.8) is 0 Å². The predicted molar refractivity (Wildman–Crippen MR) is 159 cm³/mol. The van der Waals surface area contributed by atoms with Crippen LogP contribution < -0.4 is 9.80 Å². The van der Waals surface area contributed by atoms with Crippen molar-refractivity contribution in [2.45, 2.75) is 18.2 Å². The number of carbonyl (C=O) groups excluding carboxylic acids is 3. The second-order valence-electron chi connectivity index (χ2n) is 10.2. The highest BCUT2D eigenvalue weighted by Crippen LogP contribution is 2.38. The number of aliphatic hydroxyl groups excluding tert-OH is 1. The molecule has 0 bridgehead atoms. The number of allylic oxidation sites excluding steroid dienone is 4. The summed E-state index contributed by atoms with van der Waals surface area (Å²) in [7, 11) is 0. The van der Waals surface area contributed by atoms with E-state index in [-0.39, 0.29) is 29.2 Å². The molecule has 3 unspecified atom stereocenters. The molecule has 3 amide bonds. The van der Waals surface area contributed by atoms with Crippen LogP contribution >= 0.6 is 0 Å². The molecule has 0 aliphatic carbocycles. The fourth-order valence-electron chi connectivity index (χ4n) is 5.89. The van der Waals surface area contributed by atoms with Gasteiger partial charge in [-0.2, -0.15) is 0 Å². The van der Waals surface area contributed by atoms with E-state index in [1.165, 1.54) is 0 Å². The minimum atomic E-state index is -1.07. The zero-order chi connectivity index (χ0) is 28.8. The van der Waals surface area contributed by atoms with Crippen molar-refractivity contribution in [1.29, 1.82) is 0 Å². The van der Waals surface area contributed by atoms with E-state index in [2.05, 4.69) is 0 Å². The van der Waals surface area contributed by atoms with E-state index >= 15 is 0 Å². The largest absolute Gasteiger partial charge is 0.494 e. The van der Waals surface area contributed by atoms with E-state index in [9.17, 15) is 19.5 Å². The molecule has 4 heterocycles. The van der Waals surface area contributed by atoms with Crippen LogP contribution in [0.15, 0.2) is 140 Å². The zero-order valence-electron chi connectivity index (χ0n) is 22.4. The number of aliphatic hydroxyl groups is 1. The topological polar surface area (TPSA) is 84.4 Å². The Hall–Kier alpha value is -5.63.